The Hall–Kier alpha value is -3.78. The van der Waals surface area contributed by atoms with Crippen LogP contribution < -0.4 is 9.64 Å². The van der Waals surface area contributed by atoms with Gasteiger partial charge in [0.1, 0.15) is 0 Å². The fraction of sp³-hybridized carbons (Fsp3) is 0.333. The number of carbonyl (C=O) groups is 2. The third-order valence-corrected chi connectivity index (χ3v) is 6.23. The quantitative estimate of drug-likeness (QED) is 0.466. The van der Waals surface area contributed by atoms with E-state index in [9.17, 15) is 14.7 Å². The van der Waals surface area contributed by atoms with E-state index in [4.69, 9.17) is 9.15 Å². The summed E-state index contributed by atoms with van der Waals surface area (Å²) in [5.41, 5.74) is 2.20. The van der Waals surface area contributed by atoms with Crippen molar-refractivity contribution in [1.29, 1.82) is 0 Å². The number of rotatable bonds is 9. The summed E-state index contributed by atoms with van der Waals surface area (Å²) in [6.07, 6.45) is 0.696. The summed E-state index contributed by atoms with van der Waals surface area (Å²) in [4.78, 5) is 32.4. The lowest BCUT2D eigenvalue weighted by molar-refractivity contribution is -0.129. The normalized spacial score (nSPS) is 16.0. The van der Waals surface area contributed by atoms with E-state index < -0.39 is 23.5 Å². The monoisotopic (exact) mass is 477 g/mol. The van der Waals surface area contributed by atoms with E-state index >= 15 is 0 Å². The van der Waals surface area contributed by atoms with E-state index in [2.05, 4.69) is 0 Å². The van der Waals surface area contributed by atoms with Gasteiger partial charge in [0, 0.05) is 31.7 Å². The summed E-state index contributed by atoms with van der Waals surface area (Å²) in [6.45, 7) is 1.16. The number of para-hydroxylation sites is 1. The number of Topliss-reactive ketones (excluding diaryl/α,β-unsaturated/α-hetero) is 1. The molecule has 1 aromatic heterocycles. The van der Waals surface area contributed by atoms with E-state index in [1.807, 2.05) is 74.4 Å². The van der Waals surface area contributed by atoms with Crippen LogP contribution in [0.25, 0.3) is 11.0 Å². The highest BCUT2D eigenvalue weighted by Gasteiger charge is 2.44. The number of fused-ring (bicyclic) bond motifs is 1. The van der Waals surface area contributed by atoms with E-state index in [1.165, 1.54) is 7.11 Å². The van der Waals surface area contributed by atoms with Crippen molar-refractivity contribution >= 4 is 28.3 Å². The largest absolute Gasteiger partial charge is 0.503 e. The first-order valence-electron chi connectivity index (χ1n) is 11.5. The van der Waals surface area contributed by atoms with Crippen molar-refractivity contribution in [2.24, 2.45) is 0 Å². The molecule has 0 fully saturated rings. The molecule has 0 radical (unpaired) electrons. The van der Waals surface area contributed by atoms with Crippen LogP contribution in [0.5, 0.6) is 5.75 Å². The number of aliphatic hydroxyl groups excluding tert-OH is 1. The zero-order chi connectivity index (χ0) is 25.3. The predicted molar refractivity (Wildman–Crippen MR) is 135 cm³/mol. The molecule has 2 aromatic carbocycles. The first-order valence-corrected chi connectivity index (χ1v) is 11.5. The lowest BCUT2D eigenvalue weighted by Crippen LogP contribution is -2.33. The van der Waals surface area contributed by atoms with Crippen LogP contribution in [0.4, 0.5) is 5.69 Å². The minimum atomic E-state index is -0.719. The molecule has 0 aliphatic carbocycles. The van der Waals surface area contributed by atoms with Crippen molar-refractivity contribution < 1.29 is 23.8 Å². The highest BCUT2D eigenvalue weighted by atomic mass is 16.5. The van der Waals surface area contributed by atoms with E-state index in [-0.39, 0.29) is 11.3 Å². The van der Waals surface area contributed by atoms with Crippen LogP contribution in [0.15, 0.2) is 64.3 Å². The molecule has 1 N–H and O–H groups in total. The molecular formula is C27H31N3O5. The third kappa shape index (κ3) is 4.61. The van der Waals surface area contributed by atoms with Gasteiger partial charge in [0.2, 0.25) is 5.78 Å². The topological polar surface area (TPSA) is 86.5 Å². The summed E-state index contributed by atoms with van der Waals surface area (Å²) in [5.74, 6) is -1.06. The van der Waals surface area contributed by atoms with Crippen LogP contribution in [0.3, 0.4) is 0 Å². The Labute approximate surface area is 205 Å². The number of nitrogens with zero attached hydrogens (tertiary/aromatic N) is 3. The second kappa shape index (κ2) is 9.84. The van der Waals surface area contributed by atoms with Gasteiger partial charge in [-0.25, -0.2) is 0 Å². The summed E-state index contributed by atoms with van der Waals surface area (Å²) in [6, 6.07) is 13.9. The SMILES string of the molecule is COc1cccc2cc(C(=O)C3=C(O)C(=O)N(CCCN(C)C)C3c3ccc(N(C)C)cc3)oc12. The van der Waals surface area contributed by atoms with E-state index in [0.717, 1.165) is 17.8 Å². The number of methoxy groups -OCH3 is 1. The summed E-state index contributed by atoms with van der Waals surface area (Å²) < 4.78 is 11.2. The minimum Gasteiger partial charge on any atom is -0.503 e. The standard InChI is InChI=1S/C27H31N3O5/c1-28(2)14-7-15-30-23(17-10-12-19(13-11-17)29(3)4)22(25(32)27(30)33)24(31)21-16-18-8-6-9-20(34-5)26(18)35-21/h6,8-13,16,23,32H,7,14-15H2,1-5H3. The van der Waals surface area contributed by atoms with Gasteiger partial charge >= 0.3 is 0 Å². The Balaban J connectivity index is 1.76. The van der Waals surface area contributed by atoms with Gasteiger partial charge in [0.25, 0.3) is 5.91 Å². The smallest absolute Gasteiger partial charge is 0.290 e. The number of ether oxygens (including phenoxy) is 1. The summed E-state index contributed by atoms with van der Waals surface area (Å²) in [5, 5.41) is 11.6. The molecule has 1 aliphatic rings. The maximum absolute atomic E-state index is 13.7. The van der Waals surface area contributed by atoms with Crippen molar-refractivity contribution in [2.75, 3.05) is 53.3 Å². The average Bonchev–Trinajstić information content (AvgIpc) is 3.38. The Kier molecular flexibility index (Phi) is 6.84. The molecule has 0 saturated carbocycles. The van der Waals surface area contributed by atoms with Crippen LogP contribution in [0.1, 0.15) is 28.6 Å². The molecule has 8 nitrogen and oxygen atoms in total. The van der Waals surface area contributed by atoms with Crippen LogP contribution in [0, 0.1) is 0 Å². The van der Waals surface area contributed by atoms with E-state index in [0.29, 0.717) is 29.7 Å². The minimum absolute atomic E-state index is 0.0236. The van der Waals surface area contributed by atoms with Gasteiger partial charge in [-0.3, -0.25) is 9.59 Å². The van der Waals surface area contributed by atoms with Gasteiger partial charge in [-0.1, -0.05) is 24.3 Å². The lowest BCUT2D eigenvalue weighted by Gasteiger charge is -2.27. The van der Waals surface area contributed by atoms with Gasteiger partial charge in [0.05, 0.1) is 18.7 Å². The molecule has 1 atom stereocenters. The van der Waals surface area contributed by atoms with Crippen LogP contribution >= 0.6 is 0 Å². The van der Waals surface area contributed by atoms with Crippen LogP contribution in [0.2, 0.25) is 0 Å². The number of carbonyl (C=O) groups excluding carboxylic acids is 2. The highest BCUT2D eigenvalue weighted by Crippen LogP contribution is 2.40. The van der Waals surface area contributed by atoms with Crippen molar-refractivity contribution in [3.05, 3.63) is 71.2 Å². The number of amides is 1. The van der Waals surface area contributed by atoms with E-state index in [1.54, 1.807) is 17.0 Å². The Morgan fingerprint density at radius 3 is 2.46 bits per heavy atom. The fourth-order valence-corrected chi connectivity index (χ4v) is 4.42. The lowest BCUT2D eigenvalue weighted by atomic mass is 9.94. The third-order valence-electron chi connectivity index (χ3n) is 6.23. The zero-order valence-corrected chi connectivity index (χ0v) is 20.7. The Bertz CT molecular complexity index is 1270. The highest BCUT2D eigenvalue weighted by molar-refractivity contribution is 6.16. The number of hydrogen-bond acceptors (Lipinski definition) is 7. The maximum atomic E-state index is 13.7. The number of anilines is 1. The number of ketones is 1. The summed E-state index contributed by atoms with van der Waals surface area (Å²) in [7, 11) is 9.34. The Morgan fingerprint density at radius 1 is 1.11 bits per heavy atom. The van der Waals surface area contributed by atoms with Gasteiger partial charge in [0.15, 0.2) is 22.9 Å². The van der Waals surface area contributed by atoms with Crippen LogP contribution in [-0.2, 0) is 4.79 Å². The number of hydrogen-bond donors (Lipinski definition) is 1. The molecule has 1 unspecified atom stereocenters. The number of aliphatic hydroxyl groups is 1. The van der Waals surface area contributed by atoms with Gasteiger partial charge < -0.3 is 29.0 Å². The second-order valence-corrected chi connectivity index (χ2v) is 9.12. The molecule has 35 heavy (non-hydrogen) atoms. The van der Waals surface area contributed by atoms with Crippen LogP contribution in [-0.4, -0.2) is 75.0 Å². The summed E-state index contributed by atoms with van der Waals surface area (Å²) >= 11 is 0. The first kappa shape index (κ1) is 24.3. The molecular weight excluding hydrogens is 446 g/mol. The average molecular weight is 478 g/mol. The van der Waals surface area contributed by atoms with Crippen molar-refractivity contribution in [2.45, 2.75) is 12.5 Å². The number of furan rings is 1. The molecule has 8 heteroatoms. The van der Waals surface area contributed by atoms with Crippen molar-refractivity contribution in [3.63, 3.8) is 0 Å². The molecule has 4 rings (SSSR count). The second-order valence-electron chi connectivity index (χ2n) is 9.12. The van der Waals surface area contributed by atoms with Gasteiger partial charge in [-0.05, 0) is 56.9 Å². The zero-order valence-electron chi connectivity index (χ0n) is 20.7. The van der Waals surface area contributed by atoms with Crippen molar-refractivity contribution in [1.82, 2.24) is 9.80 Å². The fourth-order valence-electron chi connectivity index (χ4n) is 4.42. The first-order chi connectivity index (χ1) is 16.7. The van der Waals surface area contributed by atoms with Gasteiger partial charge in [-0.2, -0.15) is 0 Å². The predicted octanol–water partition coefficient (Wildman–Crippen LogP) is 4.04. The molecule has 1 amide bonds. The Morgan fingerprint density at radius 2 is 1.83 bits per heavy atom. The molecule has 1 aliphatic heterocycles. The molecule has 184 valence electrons. The van der Waals surface area contributed by atoms with Gasteiger partial charge in [-0.15, -0.1) is 0 Å². The molecule has 3 aromatic rings. The van der Waals surface area contributed by atoms with Crippen molar-refractivity contribution in [3.8, 4) is 5.75 Å². The molecule has 0 spiro atoms. The molecule has 2 heterocycles. The number of benzene rings is 2. The molecule has 0 bridgehead atoms. The maximum Gasteiger partial charge on any atom is 0.290 e. The molecule has 0 saturated heterocycles.